The second-order valence-electron chi connectivity index (χ2n) is 9.39. The number of fused-ring (bicyclic) bond motifs is 3. The fourth-order valence-corrected chi connectivity index (χ4v) is 5.33. The fourth-order valence-electron chi connectivity index (χ4n) is 5.33. The molecule has 180 valence electrons. The van der Waals surface area contributed by atoms with Crippen molar-refractivity contribution in [3.8, 4) is 11.1 Å². The number of nitrogens with one attached hydrogen (secondary N) is 2. The number of hydrogen-bond acceptors (Lipinski definition) is 4. The fraction of sp³-hybridized carbons (Fsp3) is 0.444. The third-order valence-corrected chi connectivity index (χ3v) is 6.91. The second kappa shape index (κ2) is 10.7. The van der Waals surface area contributed by atoms with Crippen LogP contribution in [0.2, 0.25) is 0 Å². The summed E-state index contributed by atoms with van der Waals surface area (Å²) in [6.07, 6.45) is 3.50. The largest absolute Gasteiger partial charge is 0.481 e. The highest BCUT2D eigenvalue weighted by Gasteiger charge is 2.31. The lowest BCUT2D eigenvalue weighted by Gasteiger charge is -2.25. The van der Waals surface area contributed by atoms with Crippen molar-refractivity contribution in [2.24, 2.45) is 5.92 Å². The van der Waals surface area contributed by atoms with Crippen LogP contribution in [0, 0.1) is 5.92 Å². The Morgan fingerprint density at radius 3 is 2.12 bits per heavy atom. The van der Waals surface area contributed by atoms with Crippen molar-refractivity contribution in [2.75, 3.05) is 6.61 Å². The van der Waals surface area contributed by atoms with Gasteiger partial charge < -0.3 is 20.5 Å². The molecule has 0 saturated heterocycles. The topological polar surface area (TPSA) is 105 Å². The van der Waals surface area contributed by atoms with Crippen molar-refractivity contribution in [3.05, 3.63) is 59.7 Å². The number of carboxylic acid groups (broad SMARTS) is 1. The van der Waals surface area contributed by atoms with E-state index in [0.29, 0.717) is 0 Å². The van der Waals surface area contributed by atoms with Crippen molar-refractivity contribution >= 4 is 18.0 Å². The Bertz CT molecular complexity index is 1000. The smallest absolute Gasteiger partial charge is 0.407 e. The summed E-state index contributed by atoms with van der Waals surface area (Å²) >= 11 is 0. The van der Waals surface area contributed by atoms with E-state index in [1.165, 1.54) is 11.1 Å². The normalized spacial score (nSPS) is 16.9. The predicted molar refractivity (Wildman–Crippen MR) is 128 cm³/mol. The number of amides is 2. The van der Waals surface area contributed by atoms with Crippen molar-refractivity contribution in [2.45, 2.75) is 63.5 Å². The summed E-state index contributed by atoms with van der Waals surface area (Å²) in [6, 6.07) is 15.5. The minimum Gasteiger partial charge on any atom is -0.481 e. The van der Waals surface area contributed by atoms with Gasteiger partial charge >= 0.3 is 12.1 Å². The number of aliphatic carboxylic acids is 1. The summed E-state index contributed by atoms with van der Waals surface area (Å²) in [6.45, 7) is 1.88. The summed E-state index contributed by atoms with van der Waals surface area (Å²) in [5, 5.41) is 14.6. The molecule has 0 aliphatic heterocycles. The number of rotatable bonds is 9. The van der Waals surface area contributed by atoms with Crippen LogP contribution in [0.5, 0.6) is 0 Å². The molecular formula is C27H32N2O5. The molecule has 7 heteroatoms. The van der Waals surface area contributed by atoms with Crippen molar-refractivity contribution in [1.82, 2.24) is 10.6 Å². The van der Waals surface area contributed by atoms with Gasteiger partial charge in [-0.15, -0.1) is 0 Å². The van der Waals surface area contributed by atoms with Gasteiger partial charge in [0, 0.05) is 24.4 Å². The quantitative estimate of drug-likeness (QED) is 0.508. The molecule has 0 radical (unpaired) electrons. The Morgan fingerprint density at radius 1 is 0.941 bits per heavy atom. The van der Waals surface area contributed by atoms with Crippen LogP contribution in [0.25, 0.3) is 11.1 Å². The van der Waals surface area contributed by atoms with E-state index in [1.807, 2.05) is 24.3 Å². The molecule has 2 aromatic rings. The van der Waals surface area contributed by atoms with Crippen LogP contribution in [0.1, 0.15) is 62.5 Å². The summed E-state index contributed by atoms with van der Waals surface area (Å²) in [4.78, 5) is 36.2. The number of benzene rings is 2. The van der Waals surface area contributed by atoms with E-state index in [1.54, 1.807) is 6.92 Å². The summed E-state index contributed by atoms with van der Waals surface area (Å²) in [7, 11) is 0. The highest BCUT2D eigenvalue weighted by atomic mass is 16.5. The maximum atomic E-state index is 12.8. The summed E-state index contributed by atoms with van der Waals surface area (Å²) in [5.41, 5.74) is 4.64. The van der Waals surface area contributed by atoms with Crippen LogP contribution >= 0.6 is 0 Å². The average molecular weight is 465 g/mol. The Hall–Kier alpha value is -3.35. The number of carbonyl (C=O) groups is 3. The number of carboxylic acids is 1. The van der Waals surface area contributed by atoms with E-state index in [2.05, 4.69) is 34.9 Å². The molecule has 3 N–H and O–H groups in total. The minimum absolute atomic E-state index is 0.0248. The molecule has 7 nitrogen and oxygen atoms in total. The van der Waals surface area contributed by atoms with E-state index < -0.39 is 18.1 Å². The first-order valence-electron chi connectivity index (χ1n) is 12.0. The van der Waals surface area contributed by atoms with Gasteiger partial charge in [0.15, 0.2) is 0 Å². The number of carbonyl (C=O) groups excluding carboxylic acids is 2. The zero-order chi connectivity index (χ0) is 24.1. The minimum atomic E-state index is -0.961. The molecule has 2 atom stereocenters. The Morgan fingerprint density at radius 2 is 1.53 bits per heavy atom. The van der Waals surface area contributed by atoms with E-state index >= 15 is 0 Å². The molecule has 34 heavy (non-hydrogen) atoms. The van der Waals surface area contributed by atoms with E-state index in [-0.39, 0.29) is 43.2 Å². The van der Waals surface area contributed by atoms with Gasteiger partial charge in [-0.1, -0.05) is 61.4 Å². The zero-order valence-corrected chi connectivity index (χ0v) is 19.5. The maximum Gasteiger partial charge on any atom is 0.407 e. The van der Waals surface area contributed by atoms with Gasteiger partial charge in [-0.25, -0.2) is 4.79 Å². The molecular weight excluding hydrogens is 432 g/mol. The SMILES string of the molecule is C[C@@H](CC(=O)O)NC(=O)CC(NC(=O)OCC1c2ccccc2-c2ccccc21)C1CCCC1. The van der Waals surface area contributed by atoms with E-state index in [9.17, 15) is 14.4 Å². The van der Waals surface area contributed by atoms with Gasteiger partial charge in [0.2, 0.25) is 5.91 Å². The lowest BCUT2D eigenvalue weighted by atomic mass is 9.95. The maximum absolute atomic E-state index is 12.8. The molecule has 1 saturated carbocycles. The Kier molecular flexibility index (Phi) is 7.50. The molecule has 0 heterocycles. The van der Waals surface area contributed by atoms with Crippen LogP contribution in [0.15, 0.2) is 48.5 Å². The lowest BCUT2D eigenvalue weighted by molar-refractivity contribution is -0.137. The summed E-state index contributed by atoms with van der Waals surface area (Å²) < 4.78 is 5.69. The van der Waals surface area contributed by atoms with Gasteiger partial charge in [-0.2, -0.15) is 0 Å². The monoisotopic (exact) mass is 464 g/mol. The Balaban J connectivity index is 1.38. The molecule has 0 bridgehead atoms. The van der Waals surface area contributed by atoms with Gasteiger partial charge in [-0.3, -0.25) is 9.59 Å². The van der Waals surface area contributed by atoms with Gasteiger partial charge in [0.1, 0.15) is 6.61 Å². The molecule has 1 fully saturated rings. The molecule has 4 rings (SSSR count). The first-order chi connectivity index (χ1) is 16.4. The van der Waals surface area contributed by atoms with Gasteiger partial charge in [-0.05, 0) is 47.9 Å². The highest BCUT2D eigenvalue weighted by Crippen LogP contribution is 2.44. The van der Waals surface area contributed by atoms with Gasteiger partial charge in [0.05, 0.1) is 6.42 Å². The van der Waals surface area contributed by atoms with Crippen molar-refractivity contribution in [3.63, 3.8) is 0 Å². The van der Waals surface area contributed by atoms with Crippen LogP contribution in [-0.4, -0.2) is 41.8 Å². The van der Waals surface area contributed by atoms with E-state index in [0.717, 1.165) is 36.8 Å². The molecule has 2 aliphatic carbocycles. The standard InChI is InChI=1S/C27H32N2O5/c1-17(14-26(31)32)28-25(30)15-24(18-8-2-3-9-18)29-27(33)34-16-23-21-12-6-4-10-19(21)20-11-5-7-13-22(20)23/h4-7,10-13,17-18,23-24H,2-3,8-9,14-16H2,1H3,(H,28,30)(H,29,33)(H,31,32)/t17-,24?/m0/s1. The number of alkyl carbamates (subject to hydrolysis) is 1. The molecule has 0 aromatic heterocycles. The second-order valence-corrected chi connectivity index (χ2v) is 9.39. The third-order valence-electron chi connectivity index (χ3n) is 6.91. The molecule has 2 aromatic carbocycles. The number of hydrogen-bond donors (Lipinski definition) is 3. The zero-order valence-electron chi connectivity index (χ0n) is 19.5. The van der Waals surface area contributed by atoms with E-state index in [4.69, 9.17) is 9.84 Å². The molecule has 2 amide bonds. The molecule has 1 unspecified atom stereocenters. The lowest BCUT2D eigenvalue weighted by Crippen LogP contribution is -2.45. The first-order valence-corrected chi connectivity index (χ1v) is 12.0. The molecule has 2 aliphatic rings. The van der Waals surface area contributed by atoms with Crippen LogP contribution in [0.4, 0.5) is 4.79 Å². The van der Waals surface area contributed by atoms with Crippen molar-refractivity contribution in [1.29, 1.82) is 0 Å². The number of ether oxygens (including phenoxy) is 1. The molecule has 0 spiro atoms. The van der Waals surface area contributed by atoms with Crippen molar-refractivity contribution < 1.29 is 24.2 Å². The van der Waals surface area contributed by atoms with Crippen LogP contribution in [-0.2, 0) is 14.3 Å². The van der Waals surface area contributed by atoms with Gasteiger partial charge in [0.25, 0.3) is 0 Å². The Labute approximate surface area is 199 Å². The average Bonchev–Trinajstić information content (AvgIpc) is 3.43. The van der Waals surface area contributed by atoms with Crippen LogP contribution in [0.3, 0.4) is 0 Å². The van der Waals surface area contributed by atoms with Crippen LogP contribution < -0.4 is 10.6 Å². The predicted octanol–water partition coefficient (Wildman–Crippen LogP) is 4.45. The first kappa shape index (κ1) is 23.8. The third kappa shape index (κ3) is 5.58. The summed E-state index contributed by atoms with van der Waals surface area (Å²) in [5.74, 6) is -1.04. The highest BCUT2D eigenvalue weighted by molar-refractivity contribution is 5.80.